The van der Waals surface area contributed by atoms with Crippen molar-refractivity contribution in [2.75, 3.05) is 18.0 Å². The summed E-state index contributed by atoms with van der Waals surface area (Å²) in [5.41, 5.74) is 1.35. The lowest BCUT2D eigenvalue weighted by Gasteiger charge is -2.26. The first-order valence-corrected chi connectivity index (χ1v) is 9.88. The maximum Gasteiger partial charge on any atom is 0.262 e. The number of hydrogen-bond acceptors (Lipinski definition) is 6. The summed E-state index contributed by atoms with van der Waals surface area (Å²) in [4.78, 5) is 49.8. The first kappa shape index (κ1) is 19.0. The summed E-state index contributed by atoms with van der Waals surface area (Å²) in [5.74, 6) is -0.618. The van der Waals surface area contributed by atoms with E-state index in [1.54, 1.807) is 43.5 Å². The molecule has 2 aromatic rings. The maximum absolute atomic E-state index is 12.6. The third-order valence-corrected chi connectivity index (χ3v) is 5.38. The molecule has 1 N–H and O–H groups in total. The number of piperidine rings is 1. The van der Waals surface area contributed by atoms with Crippen molar-refractivity contribution in [3.8, 4) is 0 Å². The van der Waals surface area contributed by atoms with Gasteiger partial charge in [0.1, 0.15) is 6.04 Å². The number of aromatic nitrogens is 2. The smallest absolute Gasteiger partial charge is 0.262 e. The van der Waals surface area contributed by atoms with Crippen molar-refractivity contribution in [1.82, 2.24) is 20.2 Å². The van der Waals surface area contributed by atoms with Crippen LogP contribution < -0.4 is 10.2 Å². The van der Waals surface area contributed by atoms with E-state index in [1.807, 2.05) is 0 Å². The topological polar surface area (TPSA) is 95.5 Å². The van der Waals surface area contributed by atoms with E-state index < -0.39 is 23.8 Å². The third-order valence-electron chi connectivity index (χ3n) is 5.38. The Morgan fingerprint density at radius 2 is 1.72 bits per heavy atom. The monoisotopic (exact) mass is 393 g/mol. The van der Waals surface area contributed by atoms with Crippen molar-refractivity contribution in [3.63, 3.8) is 0 Å². The van der Waals surface area contributed by atoms with Crippen LogP contribution >= 0.6 is 0 Å². The van der Waals surface area contributed by atoms with Crippen LogP contribution in [0.4, 0.5) is 5.95 Å². The van der Waals surface area contributed by atoms with E-state index in [0.717, 1.165) is 30.8 Å². The minimum Gasteiger partial charge on any atom is -0.349 e. The molecule has 3 heterocycles. The highest BCUT2D eigenvalue weighted by molar-refractivity contribution is 6.22. The predicted octanol–water partition coefficient (Wildman–Crippen LogP) is 1.77. The van der Waals surface area contributed by atoms with Gasteiger partial charge in [-0.05, 0) is 44.4 Å². The van der Waals surface area contributed by atoms with Crippen LogP contribution in [-0.4, -0.2) is 51.7 Å². The van der Waals surface area contributed by atoms with Crippen molar-refractivity contribution in [2.24, 2.45) is 0 Å². The van der Waals surface area contributed by atoms with Crippen LogP contribution in [0.25, 0.3) is 0 Å². The molecule has 2 aliphatic rings. The molecular weight excluding hydrogens is 370 g/mol. The normalized spacial score (nSPS) is 17.3. The first-order chi connectivity index (χ1) is 14.1. The Labute approximate surface area is 168 Å². The molecule has 150 valence electrons. The molecule has 1 saturated heterocycles. The summed E-state index contributed by atoms with van der Waals surface area (Å²) in [6.07, 6.45) is 5.16. The highest BCUT2D eigenvalue weighted by atomic mass is 16.2. The molecule has 2 aliphatic heterocycles. The quantitative estimate of drug-likeness (QED) is 0.778. The largest absolute Gasteiger partial charge is 0.349 e. The van der Waals surface area contributed by atoms with Crippen LogP contribution in [0.3, 0.4) is 0 Å². The second-order valence-electron chi connectivity index (χ2n) is 7.32. The van der Waals surface area contributed by atoms with E-state index >= 15 is 0 Å². The summed E-state index contributed by atoms with van der Waals surface area (Å²) in [7, 11) is 0. The Balaban J connectivity index is 1.40. The van der Waals surface area contributed by atoms with Crippen molar-refractivity contribution >= 4 is 23.7 Å². The summed E-state index contributed by atoms with van der Waals surface area (Å²) in [6.45, 7) is 3.63. The molecule has 0 bridgehead atoms. The zero-order chi connectivity index (χ0) is 20.4. The highest BCUT2D eigenvalue weighted by Crippen LogP contribution is 2.24. The lowest BCUT2D eigenvalue weighted by molar-refractivity contribution is -0.124. The van der Waals surface area contributed by atoms with E-state index in [1.165, 1.54) is 6.42 Å². The average Bonchev–Trinajstić information content (AvgIpc) is 3.03. The number of nitrogens with one attached hydrogen (secondary N) is 1. The molecule has 4 rings (SSSR count). The standard InChI is InChI=1S/C21H23N5O3/c1-14(26-19(28)16-7-3-4-8-17(16)20(26)29)18(27)23-13-15-9-10-22-21(24-15)25-11-5-2-6-12-25/h3-4,7-10,14H,2,5-6,11-13H2,1H3,(H,23,27). The first-order valence-electron chi connectivity index (χ1n) is 9.88. The molecule has 3 amide bonds. The van der Waals surface area contributed by atoms with Gasteiger partial charge in [-0.15, -0.1) is 0 Å². The van der Waals surface area contributed by atoms with Gasteiger partial charge < -0.3 is 10.2 Å². The molecule has 29 heavy (non-hydrogen) atoms. The molecule has 0 spiro atoms. The summed E-state index contributed by atoms with van der Waals surface area (Å²) in [6, 6.07) is 7.44. The van der Waals surface area contributed by atoms with Crippen molar-refractivity contribution < 1.29 is 14.4 Å². The summed E-state index contributed by atoms with van der Waals surface area (Å²) in [5, 5.41) is 2.78. The number of hydrogen-bond donors (Lipinski definition) is 1. The van der Waals surface area contributed by atoms with Crippen LogP contribution in [0.5, 0.6) is 0 Å². The second kappa shape index (κ2) is 7.98. The Morgan fingerprint density at radius 1 is 1.07 bits per heavy atom. The van der Waals surface area contributed by atoms with Gasteiger partial charge in [0, 0.05) is 19.3 Å². The maximum atomic E-state index is 12.6. The number of fused-ring (bicyclic) bond motifs is 1. The molecule has 0 radical (unpaired) electrons. The Hall–Kier alpha value is -3.29. The number of benzene rings is 1. The van der Waals surface area contributed by atoms with Crippen LogP contribution in [0.2, 0.25) is 0 Å². The predicted molar refractivity (Wildman–Crippen MR) is 106 cm³/mol. The number of anilines is 1. The van der Waals surface area contributed by atoms with Gasteiger partial charge in [0.05, 0.1) is 23.4 Å². The molecular formula is C21H23N5O3. The zero-order valence-corrected chi connectivity index (χ0v) is 16.3. The molecule has 1 aromatic heterocycles. The van der Waals surface area contributed by atoms with E-state index in [0.29, 0.717) is 22.8 Å². The fraction of sp³-hybridized carbons (Fsp3) is 0.381. The number of nitrogens with zero attached hydrogens (tertiary/aromatic N) is 4. The third kappa shape index (κ3) is 3.70. The summed E-state index contributed by atoms with van der Waals surface area (Å²) >= 11 is 0. The number of rotatable bonds is 5. The van der Waals surface area contributed by atoms with E-state index in [4.69, 9.17) is 0 Å². The van der Waals surface area contributed by atoms with Gasteiger partial charge >= 0.3 is 0 Å². The fourth-order valence-corrected chi connectivity index (χ4v) is 3.73. The van der Waals surface area contributed by atoms with Crippen LogP contribution in [0.1, 0.15) is 52.6 Å². The van der Waals surface area contributed by atoms with E-state index in [9.17, 15) is 14.4 Å². The lowest BCUT2D eigenvalue weighted by atomic mass is 10.1. The number of amides is 3. The van der Waals surface area contributed by atoms with E-state index in [2.05, 4.69) is 20.2 Å². The number of carbonyl (C=O) groups excluding carboxylic acids is 3. The van der Waals surface area contributed by atoms with Crippen molar-refractivity contribution in [1.29, 1.82) is 0 Å². The van der Waals surface area contributed by atoms with Crippen molar-refractivity contribution in [2.45, 2.75) is 38.8 Å². The highest BCUT2D eigenvalue weighted by Gasteiger charge is 2.40. The minimum absolute atomic E-state index is 0.204. The molecule has 0 saturated carbocycles. The Kier molecular flexibility index (Phi) is 5.24. The van der Waals surface area contributed by atoms with Crippen molar-refractivity contribution in [3.05, 3.63) is 53.3 Å². The Bertz CT molecular complexity index is 920. The second-order valence-corrected chi connectivity index (χ2v) is 7.32. The zero-order valence-electron chi connectivity index (χ0n) is 16.3. The van der Waals surface area contributed by atoms with Crippen LogP contribution in [0, 0.1) is 0 Å². The van der Waals surface area contributed by atoms with E-state index in [-0.39, 0.29) is 6.54 Å². The molecule has 8 nitrogen and oxygen atoms in total. The summed E-state index contributed by atoms with van der Waals surface area (Å²) < 4.78 is 0. The fourth-order valence-electron chi connectivity index (χ4n) is 3.73. The number of carbonyl (C=O) groups is 3. The molecule has 8 heteroatoms. The molecule has 1 atom stereocenters. The van der Waals surface area contributed by atoms with Gasteiger partial charge in [-0.2, -0.15) is 0 Å². The van der Waals surface area contributed by atoms with Crippen LogP contribution in [-0.2, 0) is 11.3 Å². The van der Waals surface area contributed by atoms with Gasteiger partial charge in [-0.3, -0.25) is 19.3 Å². The van der Waals surface area contributed by atoms with Gasteiger partial charge in [-0.25, -0.2) is 9.97 Å². The van der Waals surface area contributed by atoms with Crippen LogP contribution in [0.15, 0.2) is 36.5 Å². The van der Waals surface area contributed by atoms with Gasteiger partial charge in [0.25, 0.3) is 11.8 Å². The number of imide groups is 1. The lowest BCUT2D eigenvalue weighted by Crippen LogP contribution is -2.47. The average molecular weight is 393 g/mol. The van der Waals surface area contributed by atoms with Gasteiger partial charge in [-0.1, -0.05) is 12.1 Å². The molecule has 1 unspecified atom stereocenters. The SMILES string of the molecule is CC(C(=O)NCc1ccnc(N2CCCCC2)n1)N1C(=O)c2ccccc2C1=O. The Morgan fingerprint density at radius 3 is 2.38 bits per heavy atom. The molecule has 1 fully saturated rings. The molecule has 0 aliphatic carbocycles. The van der Waals surface area contributed by atoms with Gasteiger partial charge in [0.15, 0.2) is 0 Å². The van der Waals surface area contributed by atoms with Gasteiger partial charge in [0.2, 0.25) is 11.9 Å². The molecule has 1 aromatic carbocycles. The minimum atomic E-state index is -0.911.